The van der Waals surface area contributed by atoms with Crippen molar-refractivity contribution < 1.29 is 38.9 Å². The molecule has 1 saturated heterocycles. The second-order valence-corrected chi connectivity index (χ2v) is 10.5. The summed E-state index contributed by atoms with van der Waals surface area (Å²) in [6, 6.07) is 8.08. The van der Waals surface area contributed by atoms with E-state index >= 15 is 0 Å². The Balaban J connectivity index is 2.45. The molecule has 0 spiro atoms. The first kappa shape index (κ1) is 33.1. The SMILES string of the molecule is COC(=O)CN1CCN(CC(=O)O)CCN(CC(=O)O)CCN(CC(=O)OC)C(Cc2ccc(C(C)C)cc2)C1. The van der Waals surface area contributed by atoms with Gasteiger partial charge in [-0.1, -0.05) is 38.1 Å². The van der Waals surface area contributed by atoms with E-state index in [1.165, 1.54) is 19.8 Å². The standard InChI is InChI=1S/C28H44N4O8/c1-21(2)23-7-5-22(6-8-23)15-24-16-31(19-27(37)39-3)12-11-29(17-25(33)34)9-10-30(18-26(35)36)13-14-32(24)20-28(38)40-4/h5-8,21,24H,9-20H2,1-4H3,(H,33,34)(H,35,36). The molecule has 0 bridgehead atoms. The normalized spacial score (nSPS) is 19.0. The van der Waals surface area contributed by atoms with Gasteiger partial charge >= 0.3 is 23.9 Å². The number of rotatable bonds is 11. The molecule has 0 saturated carbocycles. The van der Waals surface area contributed by atoms with Crippen molar-refractivity contribution in [3.05, 3.63) is 35.4 Å². The van der Waals surface area contributed by atoms with Crippen LogP contribution in [0.15, 0.2) is 24.3 Å². The Labute approximate surface area is 236 Å². The zero-order valence-corrected chi connectivity index (χ0v) is 24.1. The maximum atomic E-state index is 12.5. The van der Waals surface area contributed by atoms with Crippen LogP contribution in [0.1, 0.15) is 30.9 Å². The van der Waals surface area contributed by atoms with Gasteiger partial charge < -0.3 is 19.7 Å². The van der Waals surface area contributed by atoms with Gasteiger partial charge in [-0.3, -0.25) is 38.8 Å². The van der Waals surface area contributed by atoms with Gasteiger partial charge in [-0.05, 0) is 23.5 Å². The predicted molar refractivity (Wildman–Crippen MR) is 148 cm³/mol. The van der Waals surface area contributed by atoms with Crippen LogP contribution in [0.3, 0.4) is 0 Å². The molecule has 1 aromatic carbocycles. The fraction of sp³-hybridized carbons (Fsp3) is 0.643. The predicted octanol–water partition coefficient (Wildman–Crippen LogP) is 0.458. The maximum Gasteiger partial charge on any atom is 0.319 e. The highest BCUT2D eigenvalue weighted by Crippen LogP contribution is 2.18. The van der Waals surface area contributed by atoms with E-state index in [0.717, 1.165) is 5.56 Å². The van der Waals surface area contributed by atoms with Gasteiger partial charge in [0.2, 0.25) is 0 Å². The molecule has 2 N–H and O–H groups in total. The van der Waals surface area contributed by atoms with Crippen LogP contribution in [0, 0.1) is 0 Å². The minimum atomic E-state index is -0.984. The number of nitrogens with zero attached hydrogens (tertiary/aromatic N) is 4. The van der Waals surface area contributed by atoms with Crippen molar-refractivity contribution in [3.63, 3.8) is 0 Å². The molecule has 0 amide bonds. The summed E-state index contributed by atoms with van der Waals surface area (Å²) in [6.45, 7) is 6.41. The summed E-state index contributed by atoms with van der Waals surface area (Å²) >= 11 is 0. The number of methoxy groups -OCH3 is 2. The first-order valence-corrected chi connectivity index (χ1v) is 13.6. The molecule has 1 aliphatic rings. The molecule has 224 valence electrons. The van der Waals surface area contributed by atoms with Crippen molar-refractivity contribution in [2.24, 2.45) is 0 Å². The first-order valence-electron chi connectivity index (χ1n) is 13.6. The van der Waals surface area contributed by atoms with Crippen molar-refractivity contribution in [2.75, 3.05) is 86.2 Å². The van der Waals surface area contributed by atoms with E-state index in [4.69, 9.17) is 9.47 Å². The average Bonchev–Trinajstić information content (AvgIpc) is 2.90. The summed E-state index contributed by atoms with van der Waals surface area (Å²) in [4.78, 5) is 55.3. The molecule has 1 aliphatic heterocycles. The summed E-state index contributed by atoms with van der Waals surface area (Å²) in [5.41, 5.74) is 2.27. The molecule has 0 radical (unpaired) electrons. The lowest BCUT2D eigenvalue weighted by Gasteiger charge is -2.38. The molecule has 1 atom stereocenters. The summed E-state index contributed by atoms with van der Waals surface area (Å²) in [5, 5.41) is 18.9. The fourth-order valence-corrected chi connectivity index (χ4v) is 4.78. The molecule has 1 aromatic rings. The Hall–Kier alpha value is -3.06. The molecular formula is C28H44N4O8. The van der Waals surface area contributed by atoms with E-state index in [-0.39, 0.29) is 32.2 Å². The Bertz CT molecular complexity index is 972. The topological polar surface area (TPSA) is 140 Å². The number of hydrogen-bond acceptors (Lipinski definition) is 10. The van der Waals surface area contributed by atoms with Crippen LogP contribution in [0.25, 0.3) is 0 Å². The Kier molecular flexibility index (Phi) is 14.0. The van der Waals surface area contributed by atoms with E-state index in [1.807, 2.05) is 9.80 Å². The molecule has 12 nitrogen and oxygen atoms in total. The van der Waals surface area contributed by atoms with E-state index in [9.17, 15) is 29.4 Å². The van der Waals surface area contributed by atoms with E-state index in [2.05, 4.69) is 38.1 Å². The van der Waals surface area contributed by atoms with Crippen molar-refractivity contribution in [2.45, 2.75) is 32.2 Å². The van der Waals surface area contributed by atoms with Gasteiger partial charge in [-0.25, -0.2) is 0 Å². The molecule has 12 heteroatoms. The minimum Gasteiger partial charge on any atom is -0.480 e. The Morgan fingerprint density at radius 3 is 1.70 bits per heavy atom. The summed E-state index contributed by atoms with van der Waals surface area (Å²) in [6.07, 6.45) is 0.574. The number of aliphatic carboxylic acids is 2. The van der Waals surface area contributed by atoms with Crippen molar-refractivity contribution in [1.82, 2.24) is 19.6 Å². The second-order valence-electron chi connectivity index (χ2n) is 10.5. The number of carbonyl (C=O) groups is 4. The number of carboxylic acids is 2. The second kappa shape index (κ2) is 16.9. The van der Waals surface area contributed by atoms with Crippen LogP contribution in [-0.2, 0) is 35.1 Å². The summed E-state index contributed by atoms with van der Waals surface area (Å²) in [5.74, 6) is -2.41. The van der Waals surface area contributed by atoms with Gasteiger partial charge in [0.15, 0.2) is 0 Å². The van der Waals surface area contributed by atoms with Crippen LogP contribution in [-0.4, -0.2) is 146 Å². The maximum absolute atomic E-state index is 12.5. The number of esters is 2. The lowest BCUT2D eigenvalue weighted by Crippen LogP contribution is -2.53. The van der Waals surface area contributed by atoms with Gasteiger partial charge in [0.1, 0.15) is 0 Å². The molecular weight excluding hydrogens is 520 g/mol. The first-order chi connectivity index (χ1) is 19.0. The molecule has 1 fully saturated rings. The van der Waals surface area contributed by atoms with Crippen LogP contribution in [0.5, 0.6) is 0 Å². The van der Waals surface area contributed by atoms with E-state index in [1.54, 1.807) is 9.80 Å². The molecule has 0 aliphatic carbocycles. The molecule has 2 rings (SSSR count). The zero-order chi connectivity index (χ0) is 29.7. The third-order valence-corrected chi connectivity index (χ3v) is 7.13. The van der Waals surface area contributed by atoms with Crippen LogP contribution >= 0.6 is 0 Å². The quantitative estimate of drug-likeness (QED) is 0.361. The van der Waals surface area contributed by atoms with Crippen LogP contribution in [0.2, 0.25) is 0 Å². The van der Waals surface area contributed by atoms with Gasteiger partial charge in [0.25, 0.3) is 0 Å². The van der Waals surface area contributed by atoms with E-state index < -0.39 is 23.9 Å². The molecule has 40 heavy (non-hydrogen) atoms. The highest BCUT2D eigenvalue weighted by atomic mass is 16.5. The molecule has 1 heterocycles. The van der Waals surface area contributed by atoms with Crippen molar-refractivity contribution in [1.29, 1.82) is 0 Å². The zero-order valence-electron chi connectivity index (χ0n) is 24.1. The Morgan fingerprint density at radius 1 is 0.750 bits per heavy atom. The average molecular weight is 565 g/mol. The van der Waals surface area contributed by atoms with E-state index in [0.29, 0.717) is 58.2 Å². The van der Waals surface area contributed by atoms with Crippen LogP contribution in [0.4, 0.5) is 0 Å². The summed E-state index contributed by atoms with van der Waals surface area (Å²) < 4.78 is 9.91. The third kappa shape index (κ3) is 12.0. The van der Waals surface area contributed by atoms with Gasteiger partial charge in [0, 0.05) is 51.9 Å². The lowest BCUT2D eigenvalue weighted by molar-refractivity contribution is -0.145. The number of carbonyl (C=O) groups excluding carboxylic acids is 2. The molecule has 0 aromatic heterocycles. The summed E-state index contributed by atoms with van der Waals surface area (Å²) in [7, 11) is 2.65. The number of benzene rings is 1. The number of carboxylic acid groups (broad SMARTS) is 2. The van der Waals surface area contributed by atoms with Gasteiger partial charge in [-0.2, -0.15) is 0 Å². The number of hydrogen-bond donors (Lipinski definition) is 2. The highest BCUT2D eigenvalue weighted by Gasteiger charge is 2.28. The van der Waals surface area contributed by atoms with Crippen molar-refractivity contribution in [3.8, 4) is 0 Å². The monoisotopic (exact) mass is 564 g/mol. The highest BCUT2D eigenvalue weighted by molar-refractivity contribution is 5.72. The smallest absolute Gasteiger partial charge is 0.319 e. The fourth-order valence-electron chi connectivity index (χ4n) is 4.78. The largest absolute Gasteiger partial charge is 0.480 e. The molecule has 1 unspecified atom stereocenters. The van der Waals surface area contributed by atoms with Gasteiger partial charge in [0.05, 0.1) is 40.4 Å². The minimum absolute atomic E-state index is 0.00333. The lowest BCUT2D eigenvalue weighted by atomic mass is 9.98. The number of ether oxygens (including phenoxy) is 2. The Morgan fingerprint density at radius 2 is 1.23 bits per heavy atom. The van der Waals surface area contributed by atoms with Crippen LogP contribution < -0.4 is 0 Å². The third-order valence-electron chi connectivity index (χ3n) is 7.13. The van der Waals surface area contributed by atoms with Gasteiger partial charge in [-0.15, -0.1) is 0 Å². The van der Waals surface area contributed by atoms with Crippen molar-refractivity contribution >= 4 is 23.9 Å².